The number of aromatic nitrogens is 1. The third kappa shape index (κ3) is 3.19. The van der Waals surface area contributed by atoms with Gasteiger partial charge in [-0.3, -0.25) is 9.78 Å². The summed E-state index contributed by atoms with van der Waals surface area (Å²) in [7, 11) is 2.13. The molecule has 130 valence electrons. The molecule has 1 unspecified atom stereocenters. The van der Waals surface area contributed by atoms with E-state index in [0.29, 0.717) is 0 Å². The number of benzene rings is 1. The maximum atomic E-state index is 13.6. The third-order valence-corrected chi connectivity index (χ3v) is 5.51. The van der Waals surface area contributed by atoms with Crippen LogP contribution in [0.4, 0.5) is 0 Å². The monoisotopic (exact) mass is 335 g/mol. The van der Waals surface area contributed by atoms with E-state index in [9.17, 15) is 4.79 Å². The highest BCUT2D eigenvalue weighted by Crippen LogP contribution is 2.34. The molecule has 0 N–H and O–H groups in total. The molecule has 1 aliphatic heterocycles. The van der Waals surface area contributed by atoms with Gasteiger partial charge in [0.15, 0.2) is 0 Å². The summed E-state index contributed by atoms with van der Waals surface area (Å²) in [6.07, 6.45) is 4.78. The summed E-state index contributed by atoms with van der Waals surface area (Å²) in [5, 5.41) is 0. The Bertz CT molecular complexity index is 726. The molecule has 0 bridgehead atoms. The van der Waals surface area contributed by atoms with Gasteiger partial charge in [0.1, 0.15) is 5.92 Å². The Balaban J connectivity index is 1.75. The second kappa shape index (κ2) is 6.96. The zero-order valence-electron chi connectivity index (χ0n) is 14.8. The number of aryl methyl sites for hydroxylation is 2. The van der Waals surface area contributed by atoms with Crippen molar-refractivity contribution in [1.29, 1.82) is 0 Å². The van der Waals surface area contributed by atoms with Crippen LogP contribution in [0.2, 0.25) is 0 Å². The smallest absolute Gasteiger partial charge is 0.236 e. The highest BCUT2D eigenvalue weighted by molar-refractivity contribution is 5.88. The fourth-order valence-electron chi connectivity index (χ4n) is 4.08. The van der Waals surface area contributed by atoms with Crippen LogP contribution in [0.3, 0.4) is 0 Å². The predicted molar refractivity (Wildman–Crippen MR) is 98.6 cm³/mol. The molecule has 1 fully saturated rings. The molecule has 1 amide bonds. The molecule has 2 heterocycles. The van der Waals surface area contributed by atoms with Crippen molar-refractivity contribution in [1.82, 2.24) is 14.8 Å². The van der Waals surface area contributed by atoms with Crippen LogP contribution in [0.1, 0.15) is 34.7 Å². The van der Waals surface area contributed by atoms with Gasteiger partial charge >= 0.3 is 0 Å². The number of hydrogen-bond donors (Lipinski definition) is 0. The van der Waals surface area contributed by atoms with Crippen LogP contribution >= 0.6 is 0 Å². The van der Waals surface area contributed by atoms with Crippen LogP contribution in [0.15, 0.2) is 42.6 Å². The fraction of sp³-hybridized carbons (Fsp3) is 0.429. The predicted octanol–water partition coefficient (Wildman–Crippen LogP) is 2.48. The number of carbonyl (C=O) groups excluding carboxylic acids is 1. The molecule has 1 atom stereocenters. The van der Waals surface area contributed by atoms with Crippen LogP contribution in [0.5, 0.6) is 0 Å². The highest BCUT2D eigenvalue weighted by Gasteiger charge is 2.33. The molecular weight excluding hydrogens is 310 g/mol. The van der Waals surface area contributed by atoms with Crippen molar-refractivity contribution in [2.75, 3.05) is 33.2 Å². The van der Waals surface area contributed by atoms with Gasteiger partial charge in [-0.1, -0.05) is 30.3 Å². The van der Waals surface area contributed by atoms with Gasteiger partial charge in [0, 0.05) is 25.8 Å². The molecule has 1 aromatic heterocycles. The van der Waals surface area contributed by atoms with E-state index in [1.807, 2.05) is 18.3 Å². The molecule has 2 aromatic rings. The normalized spacial score (nSPS) is 21.0. The number of likely N-dealkylation sites (N-methyl/N-ethyl adjacent to an activating group) is 1. The molecule has 4 nitrogen and oxygen atoms in total. The molecule has 1 saturated heterocycles. The van der Waals surface area contributed by atoms with E-state index < -0.39 is 0 Å². The fourth-order valence-corrected chi connectivity index (χ4v) is 4.08. The summed E-state index contributed by atoms with van der Waals surface area (Å²) in [5.41, 5.74) is 4.59. The zero-order valence-corrected chi connectivity index (χ0v) is 14.8. The van der Waals surface area contributed by atoms with Crippen molar-refractivity contribution in [3.8, 4) is 0 Å². The summed E-state index contributed by atoms with van der Waals surface area (Å²) >= 11 is 0. The first kappa shape index (κ1) is 16.3. The zero-order chi connectivity index (χ0) is 17.2. The van der Waals surface area contributed by atoms with Crippen molar-refractivity contribution >= 4 is 5.91 Å². The molecule has 0 saturated carbocycles. The van der Waals surface area contributed by atoms with Crippen LogP contribution in [-0.4, -0.2) is 53.9 Å². The molecule has 25 heavy (non-hydrogen) atoms. The van der Waals surface area contributed by atoms with Crippen LogP contribution < -0.4 is 0 Å². The lowest BCUT2D eigenvalue weighted by Crippen LogP contribution is -2.38. The highest BCUT2D eigenvalue weighted by atomic mass is 16.2. The first-order chi connectivity index (χ1) is 12.2. The van der Waals surface area contributed by atoms with Crippen LogP contribution in [-0.2, 0) is 17.6 Å². The number of pyridine rings is 1. The Hall–Kier alpha value is -2.20. The number of amides is 1. The first-order valence-corrected chi connectivity index (χ1v) is 9.23. The molecule has 0 radical (unpaired) electrons. The molecular formula is C21H25N3O. The average molecular weight is 335 g/mol. The Kier molecular flexibility index (Phi) is 4.53. The van der Waals surface area contributed by atoms with Crippen LogP contribution in [0, 0.1) is 0 Å². The summed E-state index contributed by atoms with van der Waals surface area (Å²) in [4.78, 5) is 22.6. The number of rotatable bonds is 1. The molecule has 4 rings (SSSR count). The molecule has 1 aromatic carbocycles. The minimum atomic E-state index is -0.265. The number of nitrogens with zero attached hydrogens (tertiary/aromatic N) is 3. The van der Waals surface area contributed by atoms with Gasteiger partial charge in [-0.25, -0.2) is 0 Å². The molecule has 4 heteroatoms. The van der Waals surface area contributed by atoms with E-state index in [-0.39, 0.29) is 11.8 Å². The molecule has 1 aliphatic carbocycles. The van der Waals surface area contributed by atoms with E-state index in [0.717, 1.165) is 56.7 Å². The standard InChI is InChI=1S/C21H25N3O/c1-23-12-5-13-24(15-14-23)21(25)19-18-8-3-2-6-16(18)9-10-17-7-4-11-22-20(17)19/h2-4,6-8,11,19H,5,9-10,12-15H2,1H3. The lowest BCUT2D eigenvalue weighted by molar-refractivity contribution is -0.131. The Morgan fingerprint density at radius 2 is 1.80 bits per heavy atom. The summed E-state index contributed by atoms with van der Waals surface area (Å²) in [6.45, 7) is 3.63. The average Bonchev–Trinajstić information content (AvgIpc) is 2.95. The lowest BCUT2D eigenvalue weighted by Gasteiger charge is -2.27. The van der Waals surface area contributed by atoms with Gasteiger partial charge in [0.05, 0.1) is 5.69 Å². The van der Waals surface area contributed by atoms with Crippen molar-refractivity contribution in [3.63, 3.8) is 0 Å². The molecule has 0 spiro atoms. The Morgan fingerprint density at radius 3 is 2.72 bits per heavy atom. The van der Waals surface area contributed by atoms with E-state index in [4.69, 9.17) is 0 Å². The van der Waals surface area contributed by atoms with Gasteiger partial charge in [0.25, 0.3) is 0 Å². The first-order valence-electron chi connectivity index (χ1n) is 9.23. The second-order valence-electron chi connectivity index (χ2n) is 7.16. The molecule has 2 aliphatic rings. The summed E-state index contributed by atoms with van der Waals surface area (Å²) in [5.74, 6) is -0.0529. The van der Waals surface area contributed by atoms with Crippen molar-refractivity contribution in [2.24, 2.45) is 0 Å². The minimum Gasteiger partial charge on any atom is -0.340 e. The van der Waals surface area contributed by atoms with Crippen molar-refractivity contribution in [3.05, 3.63) is 65.0 Å². The minimum absolute atomic E-state index is 0.213. The lowest BCUT2D eigenvalue weighted by atomic mass is 9.90. The summed E-state index contributed by atoms with van der Waals surface area (Å²) in [6, 6.07) is 12.5. The maximum absolute atomic E-state index is 13.6. The Morgan fingerprint density at radius 1 is 1.00 bits per heavy atom. The topological polar surface area (TPSA) is 36.4 Å². The van der Waals surface area contributed by atoms with E-state index in [1.165, 1.54) is 11.1 Å². The van der Waals surface area contributed by atoms with Crippen LogP contribution in [0.25, 0.3) is 0 Å². The van der Waals surface area contributed by atoms with Gasteiger partial charge in [-0.15, -0.1) is 0 Å². The third-order valence-electron chi connectivity index (χ3n) is 5.51. The quantitative estimate of drug-likeness (QED) is 0.803. The van der Waals surface area contributed by atoms with Gasteiger partial charge in [-0.2, -0.15) is 0 Å². The SMILES string of the molecule is CN1CCCN(C(=O)C2c3ccccc3CCc3cccnc32)CC1. The maximum Gasteiger partial charge on any atom is 0.236 e. The van der Waals surface area contributed by atoms with E-state index >= 15 is 0 Å². The van der Waals surface area contributed by atoms with E-state index in [2.05, 4.69) is 46.1 Å². The number of fused-ring (bicyclic) bond motifs is 2. The second-order valence-corrected chi connectivity index (χ2v) is 7.16. The number of hydrogen-bond acceptors (Lipinski definition) is 3. The number of carbonyl (C=O) groups is 1. The van der Waals surface area contributed by atoms with Crippen molar-refractivity contribution in [2.45, 2.75) is 25.2 Å². The van der Waals surface area contributed by atoms with Gasteiger partial charge in [-0.05, 0) is 55.6 Å². The Labute approximate surface area is 149 Å². The van der Waals surface area contributed by atoms with E-state index in [1.54, 1.807) is 0 Å². The van der Waals surface area contributed by atoms with Gasteiger partial charge in [0.2, 0.25) is 5.91 Å². The van der Waals surface area contributed by atoms with Crippen molar-refractivity contribution < 1.29 is 4.79 Å². The van der Waals surface area contributed by atoms with Gasteiger partial charge < -0.3 is 9.80 Å². The largest absolute Gasteiger partial charge is 0.340 e. The summed E-state index contributed by atoms with van der Waals surface area (Å²) < 4.78 is 0.